The molecule has 0 spiro atoms. The van der Waals surface area contributed by atoms with E-state index in [9.17, 15) is 19.5 Å². The van der Waals surface area contributed by atoms with E-state index in [1.54, 1.807) is 42.5 Å². The molecule has 0 radical (unpaired) electrons. The first-order valence-corrected chi connectivity index (χ1v) is 9.68. The molecule has 0 bridgehead atoms. The fourth-order valence-electron chi connectivity index (χ4n) is 2.63. The van der Waals surface area contributed by atoms with Crippen molar-refractivity contribution >= 4 is 23.9 Å². The summed E-state index contributed by atoms with van der Waals surface area (Å²) in [5, 5.41) is 28.9. The molecule has 0 saturated heterocycles. The molecular formula is C25H23NO6. The fourth-order valence-corrected chi connectivity index (χ4v) is 2.63. The minimum atomic E-state index is -1.04. The van der Waals surface area contributed by atoms with Crippen LogP contribution in [0.3, 0.4) is 0 Å². The Labute approximate surface area is 185 Å². The van der Waals surface area contributed by atoms with Gasteiger partial charge in [0.25, 0.3) is 5.91 Å². The van der Waals surface area contributed by atoms with Crippen LogP contribution in [-0.2, 0) is 16.0 Å². The predicted molar refractivity (Wildman–Crippen MR) is 120 cm³/mol. The van der Waals surface area contributed by atoms with Crippen molar-refractivity contribution in [1.29, 1.82) is 0 Å². The van der Waals surface area contributed by atoms with E-state index in [-0.39, 0.29) is 18.1 Å². The Kier molecular flexibility index (Phi) is 9.21. The Balaban J connectivity index is 0.000000258. The number of carbonyl (C=O) groups excluding carboxylic acids is 1. The molecule has 0 fully saturated rings. The molecule has 0 aliphatic carbocycles. The molecule has 1 amide bonds. The number of nitrogens with one attached hydrogen (secondary N) is 1. The van der Waals surface area contributed by atoms with Crippen molar-refractivity contribution in [3.05, 3.63) is 108 Å². The van der Waals surface area contributed by atoms with Crippen LogP contribution in [0.5, 0.6) is 5.75 Å². The van der Waals surface area contributed by atoms with Crippen molar-refractivity contribution in [2.24, 2.45) is 0 Å². The lowest BCUT2D eigenvalue weighted by Gasteiger charge is -2.14. The summed E-state index contributed by atoms with van der Waals surface area (Å²) in [6.45, 7) is 0. The van der Waals surface area contributed by atoms with Crippen LogP contribution in [0.15, 0.2) is 91.0 Å². The SMILES string of the molecule is O=C(NC(Cc1ccccc1)C(=O)O)c1ccccc1.O=C(O)C=Cc1ccc(O)cc1. The molecule has 4 N–H and O–H groups in total. The number of hydrogen-bond donors (Lipinski definition) is 4. The smallest absolute Gasteiger partial charge is 0.328 e. The van der Waals surface area contributed by atoms with Crippen LogP contribution < -0.4 is 5.32 Å². The number of rotatable bonds is 7. The van der Waals surface area contributed by atoms with Gasteiger partial charge in [0.1, 0.15) is 11.8 Å². The van der Waals surface area contributed by atoms with Crippen molar-refractivity contribution in [2.75, 3.05) is 0 Å². The van der Waals surface area contributed by atoms with Crippen LogP contribution in [0.2, 0.25) is 0 Å². The van der Waals surface area contributed by atoms with Crippen LogP contribution in [0.25, 0.3) is 6.08 Å². The third-order valence-electron chi connectivity index (χ3n) is 4.23. The number of carboxylic acids is 2. The number of amides is 1. The zero-order valence-corrected chi connectivity index (χ0v) is 17.1. The third kappa shape index (κ3) is 8.54. The van der Waals surface area contributed by atoms with Gasteiger partial charge in [0, 0.05) is 18.1 Å². The average molecular weight is 433 g/mol. The second-order valence-electron chi connectivity index (χ2n) is 6.68. The number of phenols is 1. The molecule has 7 nitrogen and oxygen atoms in total. The van der Waals surface area contributed by atoms with E-state index < -0.39 is 18.0 Å². The number of carboxylic acid groups (broad SMARTS) is 2. The van der Waals surface area contributed by atoms with Gasteiger partial charge >= 0.3 is 11.9 Å². The molecule has 7 heteroatoms. The van der Waals surface area contributed by atoms with E-state index in [2.05, 4.69) is 5.32 Å². The maximum Gasteiger partial charge on any atom is 0.328 e. The van der Waals surface area contributed by atoms with Gasteiger partial charge in [0.15, 0.2) is 0 Å². The molecular weight excluding hydrogens is 410 g/mol. The summed E-state index contributed by atoms with van der Waals surface area (Å²) in [5.74, 6) is -2.24. The normalized spacial score (nSPS) is 11.1. The van der Waals surface area contributed by atoms with Crippen LogP contribution in [0.1, 0.15) is 21.5 Å². The molecule has 3 rings (SSSR count). The van der Waals surface area contributed by atoms with Crippen LogP contribution >= 0.6 is 0 Å². The van der Waals surface area contributed by atoms with E-state index in [4.69, 9.17) is 10.2 Å². The number of phenolic OH excluding ortho intramolecular Hbond substituents is 1. The highest BCUT2D eigenvalue weighted by atomic mass is 16.4. The lowest BCUT2D eigenvalue weighted by atomic mass is 10.1. The van der Waals surface area contributed by atoms with Crippen molar-refractivity contribution in [1.82, 2.24) is 5.32 Å². The summed E-state index contributed by atoms with van der Waals surface area (Å²) in [4.78, 5) is 33.3. The first kappa shape index (κ1) is 23.9. The highest BCUT2D eigenvalue weighted by Crippen LogP contribution is 2.10. The molecule has 0 heterocycles. The monoisotopic (exact) mass is 433 g/mol. The molecule has 0 saturated carbocycles. The first-order chi connectivity index (χ1) is 15.3. The Hall–Kier alpha value is -4.39. The number of aliphatic carboxylic acids is 2. The quantitative estimate of drug-likeness (QED) is 0.422. The van der Waals surface area contributed by atoms with Gasteiger partial charge < -0.3 is 20.6 Å². The number of aromatic hydroxyl groups is 1. The molecule has 164 valence electrons. The summed E-state index contributed by atoms with van der Waals surface area (Å²) in [7, 11) is 0. The van der Waals surface area contributed by atoms with Gasteiger partial charge in [-0.15, -0.1) is 0 Å². The van der Waals surface area contributed by atoms with Gasteiger partial charge in [-0.3, -0.25) is 4.79 Å². The molecule has 3 aromatic carbocycles. The van der Waals surface area contributed by atoms with Gasteiger partial charge in [-0.25, -0.2) is 9.59 Å². The Bertz CT molecular complexity index is 1050. The molecule has 0 aliphatic rings. The minimum Gasteiger partial charge on any atom is -0.508 e. The molecule has 0 aromatic heterocycles. The molecule has 1 unspecified atom stereocenters. The molecule has 0 aliphatic heterocycles. The maximum absolute atomic E-state index is 12.0. The van der Waals surface area contributed by atoms with Gasteiger partial charge in [-0.1, -0.05) is 60.7 Å². The van der Waals surface area contributed by atoms with Crippen molar-refractivity contribution in [3.63, 3.8) is 0 Å². The summed E-state index contributed by atoms with van der Waals surface area (Å²) in [6.07, 6.45) is 2.77. The lowest BCUT2D eigenvalue weighted by molar-refractivity contribution is -0.139. The van der Waals surface area contributed by atoms with E-state index in [1.165, 1.54) is 18.2 Å². The Morgan fingerprint density at radius 2 is 1.38 bits per heavy atom. The standard InChI is InChI=1S/C16H15NO3.C9H8O3/c18-15(13-9-5-2-6-10-13)17-14(16(19)20)11-12-7-3-1-4-8-12;10-8-4-1-7(2-5-8)3-6-9(11)12/h1-10,14H,11H2,(H,17,18)(H,19,20);1-6,10H,(H,11,12). The average Bonchev–Trinajstić information content (AvgIpc) is 2.80. The topological polar surface area (TPSA) is 124 Å². The molecule has 1 atom stereocenters. The lowest BCUT2D eigenvalue weighted by Crippen LogP contribution is -2.42. The van der Waals surface area contributed by atoms with Gasteiger partial charge in [-0.05, 0) is 41.5 Å². The summed E-state index contributed by atoms with van der Waals surface area (Å²) < 4.78 is 0. The van der Waals surface area contributed by atoms with E-state index in [0.29, 0.717) is 5.56 Å². The van der Waals surface area contributed by atoms with Crippen molar-refractivity contribution in [2.45, 2.75) is 12.5 Å². The summed E-state index contributed by atoms with van der Waals surface area (Å²) >= 11 is 0. The van der Waals surface area contributed by atoms with Gasteiger partial charge in [0.2, 0.25) is 0 Å². The van der Waals surface area contributed by atoms with Gasteiger partial charge in [-0.2, -0.15) is 0 Å². The Morgan fingerprint density at radius 3 is 1.91 bits per heavy atom. The summed E-state index contributed by atoms with van der Waals surface area (Å²) in [6, 6.07) is 23.1. The Morgan fingerprint density at radius 1 is 0.812 bits per heavy atom. The highest BCUT2D eigenvalue weighted by Gasteiger charge is 2.20. The van der Waals surface area contributed by atoms with Crippen LogP contribution in [0, 0.1) is 0 Å². The van der Waals surface area contributed by atoms with Crippen LogP contribution in [-0.4, -0.2) is 39.2 Å². The maximum atomic E-state index is 12.0. The zero-order chi connectivity index (χ0) is 23.3. The second-order valence-corrected chi connectivity index (χ2v) is 6.68. The van der Waals surface area contributed by atoms with E-state index >= 15 is 0 Å². The zero-order valence-electron chi connectivity index (χ0n) is 17.1. The number of benzene rings is 3. The largest absolute Gasteiger partial charge is 0.508 e. The van der Waals surface area contributed by atoms with Crippen molar-refractivity contribution < 1.29 is 29.7 Å². The van der Waals surface area contributed by atoms with E-state index in [0.717, 1.165) is 17.2 Å². The first-order valence-electron chi connectivity index (χ1n) is 9.68. The molecule has 32 heavy (non-hydrogen) atoms. The highest BCUT2D eigenvalue weighted by molar-refractivity contribution is 5.96. The van der Waals surface area contributed by atoms with Crippen molar-refractivity contribution in [3.8, 4) is 5.75 Å². The third-order valence-corrected chi connectivity index (χ3v) is 4.23. The fraction of sp³-hybridized carbons (Fsp3) is 0.0800. The second kappa shape index (κ2) is 12.3. The van der Waals surface area contributed by atoms with Crippen LogP contribution in [0.4, 0.5) is 0 Å². The summed E-state index contributed by atoms with van der Waals surface area (Å²) in [5.41, 5.74) is 2.07. The number of hydrogen-bond acceptors (Lipinski definition) is 4. The van der Waals surface area contributed by atoms with Gasteiger partial charge in [0.05, 0.1) is 0 Å². The minimum absolute atomic E-state index is 0.169. The van der Waals surface area contributed by atoms with E-state index in [1.807, 2.05) is 30.3 Å². The predicted octanol–water partition coefficient (Wildman–Crippen LogP) is 3.60. The molecule has 3 aromatic rings. The number of carbonyl (C=O) groups is 3.